The van der Waals surface area contributed by atoms with Crippen molar-refractivity contribution in [3.05, 3.63) is 70.9 Å². The summed E-state index contributed by atoms with van der Waals surface area (Å²) in [6.45, 7) is 1.72. The van der Waals surface area contributed by atoms with Crippen LogP contribution >= 0.6 is 0 Å². The Hall–Kier alpha value is -4.01. The molecule has 9 heteroatoms. The largest absolute Gasteiger partial charge is 0.493 e. The van der Waals surface area contributed by atoms with Gasteiger partial charge in [0.05, 0.1) is 18.7 Å². The number of urea groups is 1. The van der Waals surface area contributed by atoms with E-state index in [0.29, 0.717) is 34.9 Å². The zero-order valence-electron chi connectivity index (χ0n) is 17.2. The first kappa shape index (κ1) is 21.7. The van der Waals surface area contributed by atoms with Crippen LogP contribution in [0, 0.1) is 0 Å². The Labute approximate surface area is 179 Å². The Morgan fingerprint density at radius 1 is 1.13 bits per heavy atom. The van der Waals surface area contributed by atoms with Crippen molar-refractivity contribution in [3.63, 3.8) is 0 Å². The summed E-state index contributed by atoms with van der Waals surface area (Å²) in [6, 6.07) is 13.3. The molecule has 4 amide bonds. The minimum atomic E-state index is -0.705. The first-order valence-electron chi connectivity index (χ1n) is 9.58. The number of carbonyl (C=O) groups is 3. The molecule has 0 saturated carbocycles. The Morgan fingerprint density at radius 3 is 2.55 bits per heavy atom. The number of primary amides is 1. The fraction of sp³-hybridized carbons (Fsp3) is 0.227. The lowest BCUT2D eigenvalue weighted by Gasteiger charge is -2.29. The smallest absolute Gasteiger partial charge is 0.319 e. The molecule has 0 aromatic heterocycles. The molecular weight excluding hydrogens is 400 g/mol. The maximum atomic E-state index is 13.0. The second kappa shape index (κ2) is 9.66. The summed E-state index contributed by atoms with van der Waals surface area (Å²) >= 11 is 0. The van der Waals surface area contributed by atoms with Gasteiger partial charge in [0, 0.05) is 12.2 Å². The monoisotopic (exact) mass is 424 g/mol. The Bertz CT molecular complexity index is 1020. The molecule has 5 N–H and O–H groups in total. The van der Waals surface area contributed by atoms with Gasteiger partial charge in [0.2, 0.25) is 0 Å². The van der Waals surface area contributed by atoms with E-state index in [1.165, 1.54) is 7.11 Å². The number of rotatable bonds is 8. The van der Waals surface area contributed by atoms with E-state index < -0.39 is 18.0 Å². The van der Waals surface area contributed by atoms with E-state index in [4.69, 9.17) is 15.2 Å². The van der Waals surface area contributed by atoms with Crippen LogP contribution in [0.2, 0.25) is 0 Å². The van der Waals surface area contributed by atoms with E-state index in [9.17, 15) is 14.4 Å². The number of nitrogens with two attached hydrogens (primary N) is 1. The van der Waals surface area contributed by atoms with Gasteiger partial charge in [-0.2, -0.15) is 0 Å². The number of nitrogens with one attached hydrogen (secondary N) is 3. The van der Waals surface area contributed by atoms with Crippen molar-refractivity contribution in [2.75, 3.05) is 13.7 Å². The fourth-order valence-electron chi connectivity index (χ4n) is 3.25. The van der Waals surface area contributed by atoms with Crippen LogP contribution in [-0.2, 0) is 16.1 Å². The summed E-state index contributed by atoms with van der Waals surface area (Å²) in [7, 11) is 1.45. The van der Waals surface area contributed by atoms with Gasteiger partial charge in [0.1, 0.15) is 0 Å². The predicted octanol–water partition coefficient (Wildman–Crippen LogP) is 1.50. The first-order valence-corrected chi connectivity index (χ1v) is 9.58. The van der Waals surface area contributed by atoms with Crippen molar-refractivity contribution in [1.29, 1.82) is 0 Å². The minimum Gasteiger partial charge on any atom is -0.493 e. The zero-order valence-corrected chi connectivity index (χ0v) is 17.2. The number of hydrogen-bond donors (Lipinski definition) is 4. The lowest BCUT2D eigenvalue weighted by atomic mass is 9.94. The molecule has 0 radical (unpaired) electrons. The van der Waals surface area contributed by atoms with Gasteiger partial charge in [-0.25, -0.2) is 4.79 Å². The highest BCUT2D eigenvalue weighted by molar-refractivity contribution is 5.98. The summed E-state index contributed by atoms with van der Waals surface area (Å²) in [6.07, 6.45) is 0. The summed E-state index contributed by atoms with van der Waals surface area (Å²) in [4.78, 5) is 36.1. The molecule has 31 heavy (non-hydrogen) atoms. The number of carbonyl (C=O) groups excluding carboxylic acids is 3. The van der Waals surface area contributed by atoms with Crippen LogP contribution in [-0.4, -0.2) is 31.6 Å². The van der Waals surface area contributed by atoms with Crippen LogP contribution in [0.25, 0.3) is 0 Å². The molecule has 1 unspecified atom stereocenters. The van der Waals surface area contributed by atoms with Gasteiger partial charge in [0.25, 0.3) is 11.8 Å². The highest BCUT2D eigenvalue weighted by Gasteiger charge is 2.31. The number of benzene rings is 2. The van der Waals surface area contributed by atoms with Gasteiger partial charge >= 0.3 is 6.03 Å². The molecule has 0 spiro atoms. The van der Waals surface area contributed by atoms with Gasteiger partial charge in [-0.15, -0.1) is 0 Å². The summed E-state index contributed by atoms with van der Waals surface area (Å²) in [5.74, 6) is -0.270. The average molecular weight is 424 g/mol. The van der Waals surface area contributed by atoms with Crippen LogP contribution in [0.5, 0.6) is 11.5 Å². The van der Waals surface area contributed by atoms with E-state index >= 15 is 0 Å². The maximum Gasteiger partial charge on any atom is 0.319 e. The second-order valence-electron chi connectivity index (χ2n) is 6.90. The molecule has 1 aliphatic rings. The average Bonchev–Trinajstić information content (AvgIpc) is 2.76. The summed E-state index contributed by atoms with van der Waals surface area (Å²) in [5.41, 5.74) is 7.52. The van der Waals surface area contributed by atoms with E-state index in [0.717, 1.165) is 5.56 Å². The van der Waals surface area contributed by atoms with Gasteiger partial charge in [-0.05, 0) is 30.2 Å². The van der Waals surface area contributed by atoms with Crippen molar-refractivity contribution in [2.45, 2.75) is 19.5 Å². The van der Waals surface area contributed by atoms with E-state index in [-0.39, 0.29) is 12.5 Å². The SMILES string of the molecule is COc1cc(C2NC(=O)NC(C)=C2C(=O)NCc2ccccc2)ccc1OCC(N)=O. The molecule has 1 heterocycles. The van der Waals surface area contributed by atoms with Crippen LogP contribution in [0.3, 0.4) is 0 Å². The van der Waals surface area contributed by atoms with Gasteiger partial charge in [-0.1, -0.05) is 36.4 Å². The Balaban J connectivity index is 1.86. The fourth-order valence-corrected chi connectivity index (χ4v) is 3.25. The second-order valence-corrected chi connectivity index (χ2v) is 6.90. The molecule has 0 saturated heterocycles. The van der Waals surface area contributed by atoms with Gasteiger partial charge in [0.15, 0.2) is 18.1 Å². The van der Waals surface area contributed by atoms with Gasteiger partial charge in [-0.3, -0.25) is 9.59 Å². The normalized spacial score (nSPS) is 15.5. The molecular formula is C22H24N4O5. The molecule has 0 bridgehead atoms. The minimum absolute atomic E-state index is 0.300. The standard InChI is InChI=1S/C22H24N4O5/c1-13-19(21(28)24-11-14-6-4-3-5-7-14)20(26-22(29)25-13)15-8-9-16(17(10-15)30-2)31-12-18(23)27/h3-10,20H,11-12H2,1-2H3,(H2,23,27)(H,24,28)(H2,25,26,29). The van der Waals surface area contributed by atoms with Crippen molar-refractivity contribution in [2.24, 2.45) is 5.73 Å². The van der Waals surface area contributed by atoms with Crippen LogP contribution in [0.15, 0.2) is 59.8 Å². The number of ether oxygens (including phenoxy) is 2. The van der Waals surface area contributed by atoms with Gasteiger partial charge < -0.3 is 31.2 Å². The molecule has 0 aliphatic carbocycles. The quantitative estimate of drug-likeness (QED) is 0.510. The van der Waals surface area contributed by atoms with E-state index in [1.807, 2.05) is 30.3 Å². The molecule has 3 rings (SSSR count). The lowest BCUT2D eigenvalue weighted by Crippen LogP contribution is -2.46. The van der Waals surface area contributed by atoms with E-state index in [1.54, 1.807) is 25.1 Å². The summed E-state index contributed by atoms with van der Waals surface area (Å²) < 4.78 is 10.7. The molecule has 1 atom stereocenters. The van der Waals surface area contributed by atoms with Crippen molar-refractivity contribution in [1.82, 2.24) is 16.0 Å². The third kappa shape index (κ3) is 5.33. The number of methoxy groups -OCH3 is 1. The molecule has 9 nitrogen and oxygen atoms in total. The number of amides is 4. The lowest BCUT2D eigenvalue weighted by molar-refractivity contribution is -0.120. The highest BCUT2D eigenvalue weighted by atomic mass is 16.5. The van der Waals surface area contributed by atoms with Crippen LogP contribution < -0.4 is 31.2 Å². The van der Waals surface area contributed by atoms with Crippen molar-refractivity contribution < 1.29 is 23.9 Å². The summed E-state index contributed by atoms with van der Waals surface area (Å²) in [5, 5.41) is 8.31. The molecule has 162 valence electrons. The topological polar surface area (TPSA) is 132 Å². The molecule has 2 aromatic carbocycles. The highest BCUT2D eigenvalue weighted by Crippen LogP contribution is 2.34. The van der Waals surface area contributed by atoms with Crippen LogP contribution in [0.1, 0.15) is 24.1 Å². The van der Waals surface area contributed by atoms with Crippen LogP contribution in [0.4, 0.5) is 4.79 Å². The maximum absolute atomic E-state index is 13.0. The van der Waals surface area contributed by atoms with Crippen molar-refractivity contribution in [3.8, 4) is 11.5 Å². The molecule has 2 aromatic rings. The number of hydrogen-bond acceptors (Lipinski definition) is 5. The third-order valence-corrected chi connectivity index (χ3v) is 4.70. The molecule has 0 fully saturated rings. The predicted molar refractivity (Wildman–Crippen MR) is 113 cm³/mol. The number of allylic oxidation sites excluding steroid dienone is 1. The van der Waals surface area contributed by atoms with Crippen molar-refractivity contribution >= 4 is 17.8 Å². The van der Waals surface area contributed by atoms with E-state index in [2.05, 4.69) is 16.0 Å². The zero-order chi connectivity index (χ0) is 22.4. The third-order valence-electron chi connectivity index (χ3n) is 4.70. The molecule has 1 aliphatic heterocycles. The first-order chi connectivity index (χ1) is 14.9. The Kier molecular flexibility index (Phi) is 6.76. The Morgan fingerprint density at radius 2 is 1.87 bits per heavy atom.